The molecule has 0 unspecified atom stereocenters. The average Bonchev–Trinajstić information content (AvgIpc) is 2.61. The third-order valence-electron chi connectivity index (χ3n) is 4.45. The number of nitrogens with one attached hydrogen (secondary N) is 1. The fourth-order valence-corrected chi connectivity index (χ4v) is 4.05. The van der Waals surface area contributed by atoms with E-state index in [4.69, 9.17) is 4.74 Å². The van der Waals surface area contributed by atoms with Gasteiger partial charge in [0.05, 0.1) is 12.0 Å². The van der Waals surface area contributed by atoms with Gasteiger partial charge in [-0.05, 0) is 38.8 Å². The monoisotopic (exact) mass is 383 g/mol. The molecule has 26 heavy (non-hydrogen) atoms. The predicted octanol–water partition coefficient (Wildman–Crippen LogP) is 1.40. The van der Waals surface area contributed by atoms with Crippen LogP contribution in [0, 0.1) is 12.8 Å². The maximum Gasteiger partial charge on any atom is 0.281 e. The maximum absolute atomic E-state index is 12.5. The number of nitrogens with zero attached hydrogens (tertiary/aromatic N) is 2. The third kappa shape index (κ3) is 5.43. The molecule has 1 aromatic rings. The SMILES string of the molecule is Cc1ccc(OC[C@H](C)NC(=O)[C@H]2CCCN(S(=O)(=O)N(C)C)C2)cc1. The van der Waals surface area contributed by atoms with Crippen molar-refractivity contribution < 1.29 is 17.9 Å². The molecule has 1 aromatic carbocycles. The van der Waals surface area contributed by atoms with Gasteiger partial charge in [0.15, 0.2) is 0 Å². The van der Waals surface area contributed by atoms with Crippen molar-refractivity contribution in [3.05, 3.63) is 29.8 Å². The van der Waals surface area contributed by atoms with Crippen molar-refractivity contribution in [2.75, 3.05) is 33.8 Å². The van der Waals surface area contributed by atoms with Gasteiger partial charge < -0.3 is 10.1 Å². The van der Waals surface area contributed by atoms with E-state index in [1.54, 1.807) is 0 Å². The van der Waals surface area contributed by atoms with Gasteiger partial charge in [-0.15, -0.1) is 0 Å². The quantitative estimate of drug-likeness (QED) is 0.772. The Labute approximate surface area is 156 Å². The Balaban J connectivity index is 1.85. The number of carbonyl (C=O) groups excluding carboxylic acids is 1. The minimum atomic E-state index is -3.48. The summed E-state index contributed by atoms with van der Waals surface area (Å²) < 4.78 is 32.8. The van der Waals surface area contributed by atoms with Crippen LogP contribution in [0.2, 0.25) is 0 Å². The van der Waals surface area contributed by atoms with Gasteiger partial charge in [-0.3, -0.25) is 4.79 Å². The number of benzene rings is 1. The molecule has 2 rings (SSSR count). The molecule has 8 heteroatoms. The normalized spacial score (nSPS) is 20.0. The fourth-order valence-electron chi connectivity index (χ4n) is 2.86. The van der Waals surface area contributed by atoms with E-state index < -0.39 is 10.2 Å². The molecule has 1 aliphatic heterocycles. The van der Waals surface area contributed by atoms with Crippen molar-refractivity contribution >= 4 is 16.1 Å². The highest BCUT2D eigenvalue weighted by molar-refractivity contribution is 7.86. The summed E-state index contributed by atoms with van der Waals surface area (Å²) in [5.74, 6) is 0.307. The first kappa shape index (κ1) is 20.7. The smallest absolute Gasteiger partial charge is 0.281 e. The van der Waals surface area contributed by atoms with Gasteiger partial charge in [0.1, 0.15) is 12.4 Å². The summed E-state index contributed by atoms with van der Waals surface area (Å²) in [5, 5.41) is 2.93. The molecule has 0 saturated carbocycles. The second-order valence-corrected chi connectivity index (χ2v) is 9.16. The number of piperidine rings is 1. The van der Waals surface area contributed by atoms with Gasteiger partial charge in [0.2, 0.25) is 5.91 Å². The second kappa shape index (κ2) is 8.83. The Morgan fingerprint density at radius 1 is 1.35 bits per heavy atom. The standard InChI is InChI=1S/C18H29N3O4S/c1-14-7-9-17(10-8-14)25-13-15(2)19-18(22)16-6-5-11-21(12-16)26(23,24)20(3)4/h7-10,15-16H,5-6,11-13H2,1-4H3,(H,19,22)/t15-,16-/m0/s1. The van der Waals surface area contributed by atoms with Crippen molar-refractivity contribution in [2.24, 2.45) is 5.92 Å². The summed E-state index contributed by atoms with van der Waals surface area (Å²) >= 11 is 0. The molecule has 2 atom stereocenters. The van der Waals surface area contributed by atoms with Crippen molar-refractivity contribution in [1.82, 2.24) is 13.9 Å². The van der Waals surface area contributed by atoms with Gasteiger partial charge in [0, 0.05) is 27.2 Å². The van der Waals surface area contributed by atoms with Gasteiger partial charge >= 0.3 is 0 Å². The van der Waals surface area contributed by atoms with Crippen LogP contribution in [0.5, 0.6) is 5.75 Å². The highest BCUT2D eigenvalue weighted by Gasteiger charge is 2.33. The lowest BCUT2D eigenvalue weighted by Gasteiger charge is -2.33. The molecule has 0 bridgehead atoms. The first-order chi connectivity index (χ1) is 12.2. The first-order valence-electron chi connectivity index (χ1n) is 8.87. The van der Waals surface area contributed by atoms with Crippen molar-refractivity contribution in [3.63, 3.8) is 0 Å². The lowest BCUT2D eigenvalue weighted by atomic mass is 9.98. The van der Waals surface area contributed by atoms with E-state index in [0.29, 0.717) is 26.0 Å². The zero-order chi connectivity index (χ0) is 19.3. The fraction of sp³-hybridized carbons (Fsp3) is 0.611. The highest BCUT2D eigenvalue weighted by Crippen LogP contribution is 2.20. The van der Waals surface area contributed by atoms with Crippen LogP contribution >= 0.6 is 0 Å². The van der Waals surface area contributed by atoms with Crippen LogP contribution in [0.1, 0.15) is 25.3 Å². The van der Waals surface area contributed by atoms with Crippen LogP contribution in [0.3, 0.4) is 0 Å². The van der Waals surface area contributed by atoms with E-state index in [-0.39, 0.29) is 24.4 Å². The van der Waals surface area contributed by atoms with Crippen molar-refractivity contribution in [3.8, 4) is 5.75 Å². The molecule has 1 fully saturated rings. The van der Waals surface area contributed by atoms with Gasteiger partial charge in [-0.1, -0.05) is 17.7 Å². The summed E-state index contributed by atoms with van der Waals surface area (Å²) in [6, 6.07) is 7.58. The second-order valence-electron chi connectivity index (χ2n) is 7.02. The van der Waals surface area contributed by atoms with Gasteiger partial charge in [-0.2, -0.15) is 17.0 Å². The molecule has 1 aliphatic rings. The summed E-state index contributed by atoms with van der Waals surface area (Å²) in [7, 11) is -0.476. The Hall–Kier alpha value is -1.64. The topological polar surface area (TPSA) is 79.0 Å². The predicted molar refractivity (Wildman–Crippen MR) is 101 cm³/mol. The number of hydrogen-bond acceptors (Lipinski definition) is 4. The van der Waals surface area contributed by atoms with Crippen LogP contribution in [0.15, 0.2) is 24.3 Å². The summed E-state index contributed by atoms with van der Waals surface area (Å²) in [5.41, 5.74) is 1.16. The Morgan fingerprint density at radius 2 is 2.00 bits per heavy atom. The first-order valence-corrected chi connectivity index (χ1v) is 10.3. The molecular weight excluding hydrogens is 354 g/mol. The zero-order valence-corrected chi connectivity index (χ0v) is 16.8. The van der Waals surface area contributed by atoms with Crippen LogP contribution in [-0.4, -0.2) is 62.8 Å². The number of rotatable bonds is 7. The molecule has 0 aromatic heterocycles. The lowest BCUT2D eigenvalue weighted by Crippen LogP contribution is -2.50. The van der Waals surface area contributed by atoms with Gasteiger partial charge in [0.25, 0.3) is 10.2 Å². The number of hydrogen-bond donors (Lipinski definition) is 1. The largest absolute Gasteiger partial charge is 0.491 e. The minimum Gasteiger partial charge on any atom is -0.491 e. The lowest BCUT2D eigenvalue weighted by molar-refractivity contribution is -0.126. The van der Waals surface area contributed by atoms with E-state index in [1.165, 1.54) is 22.7 Å². The van der Waals surface area contributed by atoms with E-state index in [0.717, 1.165) is 11.3 Å². The highest BCUT2D eigenvalue weighted by atomic mass is 32.2. The Bertz CT molecular complexity index is 704. The van der Waals surface area contributed by atoms with Crippen molar-refractivity contribution in [1.29, 1.82) is 0 Å². The molecule has 1 amide bonds. The van der Waals surface area contributed by atoms with E-state index in [9.17, 15) is 13.2 Å². The van der Waals surface area contributed by atoms with Crippen LogP contribution < -0.4 is 10.1 Å². The summed E-state index contributed by atoms with van der Waals surface area (Å²) in [6.07, 6.45) is 1.37. The van der Waals surface area contributed by atoms with Gasteiger partial charge in [-0.25, -0.2) is 0 Å². The molecule has 1 N–H and O–H groups in total. The third-order valence-corrected chi connectivity index (χ3v) is 6.36. The summed E-state index contributed by atoms with van der Waals surface area (Å²) in [6.45, 7) is 4.93. The van der Waals surface area contributed by atoms with E-state index in [1.807, 2.05) is 38.1 Å². The Kier molecular flexibility index (Phi) is 7.02. The van der Waals surface area contributed by atoms with Crippen LogP contribution in [0.4, 0.5) is 0 Å². The maximum atomic E-state index is 12.5. The average molecular weight is 384 g/mol. The number of ether oxygens (including phenoxy) is 1. The minimum absolute atomic E-state index is 0.122. The number of amides is 1. The van der Waals surface area contributed by atoms with Crippen LogP contribution in [0.25, 0.3) is 0 Å². The number of aryl methyl sites for hydroxylation is 1. The van der Waals surface area contributed by atoms with E-state index >= 15 is 0 Å². The van der Waals surface area contributed by atoms with Crippen molar-refractivity contribution in [2.45, 2.75) is 32.7 Å². The molecular formula is C18H29N3O4S. The molecule has 7 nitrogen and oxygen atoms in total. The molecule has 1 saturated heterocycles. The Morgan fingerprint density at radius 3 is 2.62 bits per heavy atom. The molecule has 0 spiro atoms. The number of carbonyl (C=O) groups is 1. The molecule has 0 aliphatic carbocycles. The molecule has 146 valence electrons. The van der Waals surface area contributed by atoms with E-state index in [2.05, 4.69) is 5.32 Å². The van der Waals surface area contributed by atoms with Crippen LogP contribution in [-0.2, 0) is 15.0 Å². The zero-order valence-electron chi connectivity index (χ0n) is 15.9. The molecule has 1 heterocycles. The molecule has 0 radical (unpaired) electrons. The summed E-state index contributed by atoms with van der Waals surface area (Å²) in [4.78, 5) is 12.5.